The van der Waals surface area contributed by atoms with Gasteiger partial charge in [-0.25, -0.2) is 4.79 Å². The molecule has 5 atom stereocenters. The summed E-state index contributed by atoms with van der Waals surface area (Å²) in [6, 6.07) is 0. The fourth-order valence-electron chi connectivity index (χ4n) is 2.41. The van der Waals surface area contributed by atoms with E-state index in [1.54, 1.807) is 13.8 Å². The van der Waals surface area contributed by atoms with Crippen LogP contribution in [-0.4, -0.2) is 58.1 Å². The fraction of sp³-hybridized carbons (Fsp3) is 0.600. The van der Waals surface area contributed by atoms with Crippen LogP contribution in [0.25, 0.3) is 0 Å². The molecule has 9 heteroatoms. The summed E-state index contributed by atoms with van der Waals surface area (Å²) in [4.78, 5) is 26.0. The molecule has 0 aliphatic carbocycles. The number of H-pyrrole nitrogens is 1. The zero-order valence-corrected chi connectivity index (χ0v) is 13.6. The van der Waals surface area contributed by atoms with Crippen molar-refractivity contribution < 1.29 is 24.4 Å². The average molecular weight is 340 g/mol. The maximum absolute atomic E-state index is 12.1. The van der Waals surface area contributed by atoms with Crippen LogP contribution in [0.4, 0.5) is 0 Å². The fourth-order valence-corrected chi connectivity index (χ4v) is 2.41. The molecule has 24 heavy (non-hydrogen) atoms. The Kier molecular flexibility index (Phi) is 5.93. The number of aliphatic hydroxyl groups excluding tert-OH is 2. The van der Waals surface area contributed by atoms with Crippen LogP contribution in [0.1, 0.15) is 25.6 Å². The van der Waals surface area contributed by atoms with Crippen molar-refractivity contribution in [2.75, 3.05) is 13.7 Å². The first-order valence-electron chi connectivity index (χ1n) is 7.33. The molecule has 2 rings (SSSR count). The van der Waals surface area contributed by atoms with E-state index in [1.165, 1.54) is 13.3 Å². The largest absolute Gasteiger partial charge is 0.394 e. The average Bonchev–Trinajstić information content (AvgIpc) is 2.86. The van der Waals surface area contributed by atoms with Crippen molar-refractivity contribution in [3.63, 3.8) is 0 Å². The minimum absolute atomic E-state index is 0.0705. The zero-order chi connectivity index (χ0) is 17.9. The van der Waals surface area contributed by atoms with Gasteiger partial charge in [-0.15, -0.1) is 5.92 Å². The maximum Gasteiger partial charge on any atom is 0.330 e. The molecule has 0 bridgehead atoms. The Labute approximate surface area is 137 Å². The molecule has 132 valence electrons. The molecule has 0 aromatic carbocycles. The van der Waals surface area contributed by atoms with Crippen molar-refractivity contribution in [3.8, 4) is 11.8 Å². The molecular weight excluding hydrogens is 320 g/mol. The Morgan fingerprint density at radius 3 is 2.79 bits per heavy atom. The summed E-state index contributed by atoms with van der Waals surface area (Å²) in [5.74, 6) is 5.16. The van der Waals surface area contributed by atoms with Gasteiger partial charge >= 0.3 is 5.69 Å². The van der Waals surface area contributed by atoms with E-state index in [-0.39, 0.29) is 5.56 Å². The van der Waals surface area contributed by atoms with Crippen LogP contribution in [-0.2, 0) is 14.2 Å². The summed E-state index contributed by atoms with van der Waals surface area (Å²) >= 11 is 0. The lowest BCUT2D eigenvalue weighted by molar-refractivity contribution is -0.182. The van der Waals surface area contributed by atoms with Gasteiger partial charge in [0.25, 0.3) is 5.56 Å². The van der Waals surface area contributed by atoms with E-state index in [0.29, 0.717) is 0 Å². The molecular formula is C15H20N2O7. The first kappa shape index (κ1) is 18.4. The van der Waals surface area contributed by atoms with E-state index in [1.807, 2.05) is 0 Å². The summed E-state index contributed by atoms with van der Waals surface area (Å²) in [7, 11) is 1.42. The third-order valence-electron chi connectivity index (χ3n) is 3.68. The third-order valence-corrected chi connectivity index (χ3v) is 3.68. The number of hydrogen-bond donors (Lipinski definition) is 3. The van der Waals surface area contributed by atoms with Gasteiger partial charge in [-0.1, -0.05) is 5.92 Å². The standard InChI is InChI=1S/C15H20N2O7/c1-4-5-9-6-17(15(21)16-13(9)20)14-12(23-8(2)22-3)11(19)10(7-18)24-14/h6,8,10-12,14,18-19H,7H2,1-3H3,(H,16,20,21)/t8?,10-,11-,12-,14-/m1/s1. The Morgan fingerprint density at radius 2 is 2.21 bits per heavy atom. The van der Waals surface area contributed by atoms with E-state index in [9.17, 15) is 19.8 Å². The lowest BCUT2D eigenvalue weighted by atomic mass is 10.1. The summed E-state index contributed by atoms with van der Waals surface area (Å²) in [6.45, 7) is 2.71. The summed E-state index contributed by atoms with van der Waals surface area (Å²) in [6.07, 6.45) is -3.61. The molecule has 1 unspecified atom stereocenters. The lowest BCUT2D eigenvalue weighted by Gasteiger charge is -2.25. The highest BCUT2D eigenvalue weighted by molar-refractivity contribution is 5.29. The minimum Gasteiger partial charge on any atom is -0.394 e. The molecule has 1 aliphatic rings. The number of nitrogens with one attached hydrogen (secondary N) is 1. The normalized spacial score (nSPS) is 27.5. The van der Waals surface area contributed by atoms with Gasteiger partial charge in [-0.05, 0) is 13.8 Å². The molecule has 0 radical (unpaired) electrons. The molecule has 1 aliphatic heterocycles. The molecule has 3 N–H and O–H groups in total. The predicted octanol–water partition coefficient (Wildman–Crippen LogP) is -1.46. The molecule has 0 amide bonds. The number of nitrogens with zero attached hydrogens (tertiary/aromatic N) is 1. The Hall–Kier alpha value is -1.96. The molecule has 0 spiro atoms. The Bertz CT molecular complexity index is 745. The van der Waals surface area contributed by atoms with E-state index >= 15 is 0 Å². The van der Waals surface area contributed by atoms with Gasteiger partial charge in [0.15, 0.2) is 12.5 Å². The Morgan fingerprint density at radius 1 is 1.50 bits per heavy atom. The van der Waals surface area contributed by atoms with Crippen LogP contribution in [0.5, 0.6) is 0 Å². The number of methoxy groups -OCH3 is 1. The maximum atomic E-state index is 12.1. The zero-order valence-electron chi connectivity index (χ0n) is 13.6. The molecule has 1 aromatic rings. The summed E-state index contributed by atoms with van der Waals surface area (Å²) < 4.78 is 17.2. The van der Waals surface area contributed by atoms with Crippen LogP contribution in [0.2, 0.25) is 0 Å². The summed E-state index contributed by atoms with van der Waals surface area (Å²) in [5, 5.41) is 19.6. The lowest BCUT2D eigenvalue weighted by Crippen LogP contribution is -2.41. The molecule has 9 nitrogen and oxygen atoms in total. The minimum atomic E-state index is -1.18. The third kappa shape index (κ3) is 3.58. The number of ether oxygens (including phenoxy) is 3. The molecule has 1 aromatic heterocycles. The van der Waals surface area contributed by atoms with Gasteiger partial charge in [0.2, 0.25) is 0 Å². The number of aromatic nitrogens is 2. The van der Waals surface area contributed by atoms with Crippen molar-refractivity contribution in [1.82, 2.24) is 9.55 Å². The highest BCUT2D eigenvalue weighted by Gasteiger charge is 2.46. The second-order valence-electron chi connectivity index (χ2n) is 5.23. The molecule has 1 saturated heterocycles. The van der Waals surface area contributed by atoms with Crippen molar-refractivity contribution >= 4 is 0 Å². The highest BCUT2D eigenvalue weighted by Crippen LogP contribution is 2.31. The molecule has 1 fully saturated rings. The van der Waals surface area contributed by atoms with Crippen LogP contribution >= 0.6 is 0 Å². The van der Waals surface area contributed by atoms with Gasteiger partial charge in [-0.2, -0.15) is 0 Å². The van der Waals surface area contributed by atoms with E-state index in [0.717, 1.165) is 4.57 Å². The van der Waals surface area contributed by atoms with Crippen LogP contribution in [0.3, 0.4) is 0 Å². The summed E-state index contributed by atoms with van der Waals surface area (Å²) in [5.41, 5.74) is -1.29. The smallest absolute Gasteiger partial charge is 0.330 e. The van der Waals surface area contributed by atoms with Crippen molar-refractivity contribution in [2.45, 2.75) is 44.7 Å². The Balaban J connectivity index is 2.47. The number of aliphatic hydroxyl groups is 2. The van der Waals surface area contributed by atoms with Crippen LogP contribution in [0.15, 0.2) is 15.8 Å². The second kappa shape index (κ2) is 7.74. The second-order valence-corrected chi connectivity index (χ2v) is 5.23. The van der Waals surface area contributed by atoms with Crippen molar-refractivity contribution in [1.29, 1.82) is 0 Å². The van der Waals surface area contributed by atoms with Crippen molar-refractivity contribution in [3.05, 3.63) is 32.6 Å². The monoisotopic (exact) mass is 340 g/mol. The number of rotatable bonds is 5. The van der Waals surface area contributed by atoms with E-state index in [2.05, 4.69) is 16.8 Å². The van der Waals surface area contributed by atoms with Gasteiger partial charge in [0.1, 0.15) is 23.9 Å². The highest BCUT2D eigenvalue weighted by atomic mass is 16.7. The number of hydrogen-bond acceptors (Lipinski definition) is 7. The van der Waals surface area contributed by atoms with Gasteiger partial charge in [0.05, 0.1) is 6.61 Å². The van der Waals surface area contributed by atoms with Gasteiger partial charge in [-0.3, -0.25) is 14.3 Å². The van der Waals surface area contributed by atoms with E-state index in [4.69, 9.17) is 14.2 Å². The number of aromatic amines is 1. The quantitative estimate of drug-likeness (QED) is 0.442. The van der Waals surface area contributed by atoms with Crippen LogP contribution in [0, 0.1) is 11.8 Å². The SMILES string of the molecule is CC#Cc1cn([C@@H]2O[C@H](CO)[C@@H](O)[C@H]2OC(C)OC)c(=O)[nH]c1=O. The van der Waals surface area contributed by atoms with Gasteiger partial charge < -0.3 is 24.4 Å². The van der Waals surface area contributed by atoms with Crippen LogP contribution < -0.4 is 11.2 Å². The van der Waals surface area contributed by atoms with Crippen molar-refractivity contribution in [2.24, 2.45) is 0 Å². The first-order valence-corrected chi connectivity index (χ1v) is 7.33. The van der Waals surface area contributed by atoms with Gasteiger partial charge in [0, 0.05) is 13.3 Å². The predicted molar refractivity (Wildman–Crippen MR) is 82.2 cm³/mol. The van der Waals surface area contributed by atoms with E-state index < -0.39 is 48.7 Å². The molecule has 2 heterocycles. The first-order chi connectivity index (χ1) is 11.4. The molecule has 0 saturated carbocycles. The topological polar surface area (TPSA) is 123 Å².